The van der Waals surface area contributed by atoms with E-state index in [9.17, 15) is 16.8 Å². The molecule has 0 saturated carbocycles. The number of nitrogens with zero attached hydrogens (tertiary/aromatic N) is 1. The Labute approximate surface area is 166 Å². The fourth-order valence-electron chi connectivity index (χ4n) is 3.07. The van der Waals surface area contributed by atoms with Crippen LogP contribution < -0.4 is 9.46 Å². The molecule has 28 heavy (non-hydrogen) atoms. The second-order valence-corrected chi connectivity index (χ2v) is 10.3. The molecule has 1 aliphatic heterocycles. The van der Waals surface area contributed by atoms with Gasteiger partial charge in [-0.15, -0.1) is 0 Å². The maximum atomic E-state index is 12.5. The lowest BCUT2D eigenvalue weighted by Gasteiger charge is -2.15. The van der Waals surface area contributed by atoms with E-state index >= 15 is 0 Å². The summed E-state index contributed by atoms with van der Waals surface area (Å²) < 4.78 is 58.8. The van der Waals surface area contributed by atoms with E-state index in [4.69, 9.17) is 4.74 Å². The molecule has 1 heterocycles. The molecule has 1 aliphatic rings. The summed E-state index contributed by atoms with van der Waals surface area (Å²) in [5.74, 6) is 0.586. The highest BCUT2D eigenvalue weighted by Gasteiger charge is 2.26. The third kappa shape index (κ3) is 4.72. The number of hydrogen-bond acceptors (Lipinski definition) is 5. The van der Waals surface area contributed by atoms with Gasteiger partial charge in [-0.05, 0) is 61.2 Å². The van der Waals surface area contributed by atoms with E-state index in [1.165, 1.54) is 23.5 Å². The number of hydrogen-bond donors (Lipinski definition) is 1. The molecular formula is C19H24N2O5S2. The van der Waals surface area contributed by atoms with E-state index in [-0.39, 0.29) is 16.3 Å². The van der Waals surface area contributed by atoms with Crippen LogP contribution in [0.15, 0.2) is 58.3 Å². The molecule has 0 amide bonds. The highest BCUT2D eigenvalue weighted by atomic mass is 32.2. The summed E-state index contributed by atoms with van der Waals surface area (Å²) in [6.45, 7) is 1.35. The van der Waals surface area contributed by atoms with Gasteiger partial charge in [0.25, 0.3) is 0 Å². The third-order valence-corrected chi connectivity index (χ3v) is 8.09. The van der Waals surface area contributed by atoms with Crippen molar-refractivity contribution in [3.05, 3.63) is 54.1 Å². The minimum Gasteiger partial charge on any atom is -0.497 e. The molecule has 1 fully saturated rings. The maximum absolute atomic E-state index is 12.5. The zero-order chi connectivity index (χ0) is 20.2. The lowest BCUT2D eigenvalue weighted by molar-refractivity contribution is 0.414. The summed E-state index contributed by atoms with van der Waals surface area (Å²) in [4.78, 5) is 0.442. The van der Waals surface area contributed by atoms with E-state index in [1.54, 1.807) is 36.4 Å². The topological polar surface area (TPSA) is 92.8 Å². The van der Waals surface area contributed by atoms with Crippen molar-refractivity contribution in [1.82, 2.24) is 9.03 Å². The van der Waals surface area contributed by atoms with Gasteiger partial charge in [-0.2, -0.15) is 4.31 Å². The smallest absolute Gasteiger partial charge is 0.243 e. The Bertz CT molecular complexity index is 995. The monoisotopic (exact) mass is 424 g/mol. The maximum Gasteiger partial charge on any atom is 0.243 e. The van der Waals surface area contributed by atoms with Crippen LogP contribution in [0, 0.1) is 0 Å². The molecule has 2 aromatic carbocycles. The Morgan fingerprint density at radius 2 is 1.46 bits per heavy atom. The highest BCUT2D eigenvalue weighted by molar-refractivity contribution is 7.89. The van der Waals surface area contributed by atoms with Crippen molar-refractivity contribution in [2.45, 2.75) is 29.1 Å². The molecule has 1 saturated heterocycles. The standard InChI is InChI=1S/C19H24N2O5S2/c1-26-17-6-10-18(11-7-17)27(22,23)20-13-12-16-4-8-19(9-5-16)28(24,25)21-14-2-3-15-21/h4-11,20H,2-3,12-15H2,1H3. The molecule has 0 bridgehead atoms. The summed E-state index contributed by atoms with van der Waals surface area (Å²) in [6, 6.07) is 12.8. The fourth-order valence-corrected chi connectivity index (χ4v) is 5.62. The minimum atomic E-state index is -3.61. The summed E-state index contributed by atoms with van der Waals surface area (Å²) in [7, 11) is -5.52. The molecule has 0 atom stereocenters. The Hall–Kier alpha value is -1.94. The number of rotatable bonds is 8. The van der Waals surface area contributed by atoms with Crippen LogP contribution in [0.1, 0.15) is 18.4 Å². The lowest BCUT2D eigenvalue weighted by atomic mass is 10.2. The van der Waals surface area contributed by atoms with Gasteiger partial charge >= 0.3 is 0 Å². The largest absolute Gasteiger partial charge is 0.497 e. The first-order chi connectivity index (χ1) is 13.3. The van der Waals surface area contributed by atoms with E-state index < -0.39 is 20.0 Å². The van der Waals surface area contributed by atoms with E-state index in [1.807, 2.05) is 0 Å². The predicted octanol–water partition coefficient (Wildman–Crippen LogP) is 2.00. The van der Waals surface area contributed by atoms with Crippen molar-refractivity contribution in [3.63, 3.8) is 0 Å². The fraction of sp³-hybridized carbons (Fsp3) is 0.368. The van der Waals surface area contributed by atoms with Crippen molar-refractivity contribution >= 4 is 20.0 Å². The molecule has 2 aromatic rings. The number of benzene rings is 2. The quantitative estimate of drug-likeness (QED) is 0.700. The lowest BCUT2D eigenvalue weighted by Crippen LogP contribution is -2.28. The summed E-state index contributed by atoms with van der Waals surface area (Å²) >= 11 is 0. The number of ether oxygens (including phenoxy) is 1. The number of methoxy groups -OCH3 is 1. The average Bonchev–Trinajstić information content (AvgIpc) is 3.24. The van der Waals surface area contributed by atoms with E-state index in [2.05, 4.69) is 4.72 Å². The Morgan fingerprint density at radius 1 is 0.893 bits per heavy atom. The van der Waals surface area contributed by atoms with Gasteiger partial charge in [-0.3, -0.25) is 0 Å². The van der Waals surface area contributed by atoms with Crippen LogP contribution in [-0.4, -0.2) is 47.9 Å². The molecule has 0 aromatic heterocycles. The Balaban J connectivity index is 1.58. The molecule has 7 nitrogen and oxygen atoms in total. The Kier molecular flexibility index (Phi) is 6.39. The van der Waals surface area contributed by atoms with Crippen molar-refractivity contribution < 1.29 is 21.6 Å². The van der Waals surface area contributed by atoms with Crippen molar-refractivity contribution in [2.75, 3.05) is 26.7 Å². The molecule has 0 spiro atoms. The Morgan fingerprint density at radius 3 is 2.04 bits per heavy atom. The first-order valence-electron chi connectivity index (χ1n) is 9.06. The van der Waals surface area contributed by atoms with Crippen LogP contribution >= 0.6 is 0 Å². The van der Waals surface area contributed by atoms with Gasteiger partial charge in [-0.1, -0.05) is 12.1 Å². The van der Waals surface area contributed by atoms with Gasteiger partial charge in [0.1, 0.15) is 5.75 Å². The van der Waals surface area contributed by atoms with Crippen LogP contribution in [0.25, 0.3) is 0 Å². The van der Waals surface area contributed by atoms with Crippen LogP contribution in [0.3, 0.4) is 0 Å². The first-order valence-corrected chi connectivity index (χ1v) is 12.0. The minimum absolute atomic E-state index is 0.167. The van der Waals surface area contributed by atoms with Gasteiger partial charge in [0.2, 0.25) is 20.0 Å². The van der Waals surface area contributed by atoms with E-state index in [0.717, 1.165) is 18.4 Å². The van der Waals surface area contributed by atoms with Crippen molar-refractivity contribution in [3.8, 4) is 5.75 Å². The molecule has 0 aliphatic carbocycles. The van der Waals surface area contributed by atoms with Gasteiger partial charge in [-0.25, -0.2) is 21.6 Å². The van der Waals surface area contributed by atoms with E-state index in [0.29, 0.717) is 25.3 Å². The van der Waals surface area contributed by atoms with Gasteiger partial charge in [0.05, 0.1) is 16.9 Å². The second-order valence-electron chi connectivity index (χ2n) is 6.58. The third-order valence-electron chi connectivity index (χ3n) is 4.70. The number of sulfonamides is 2. The molecule has 9 heteroatoms. The summed E-state index contributed by atoms with van der Waals surface area (Å²) in [6.07, 6.45) is 2.25. The molecule has 0 radical (unpaired) electrons. The van der Waals surface area contributed by atoms with Crippen LogP contribution in [0.2, 0.25) is 0 Å². The average molecular weight is 425 g/mol. The molecule has 0 unspecified atom stereocenters. The summed E-state index contributed by atoms with van der Waals surface area (Å²) in [5.41, 5.74) is 0.859. The predicted molar refractivity (Wildman–Crippen MR) is 106 cm³/mol. The van der Waals surface area contributed by atoms with Crippen molar-refractivity contribution in [1.29, 1.82) is 0 Å². The summed E-state index contributed by atoms with van der Waals surface area (Å²) in [5, 5.41) is 0. The van der Waals surface area contributed by atoms with Crippen LogP contribution in [0.5, 0.6) is 5.75 Å². The molecular weight excluding hydrogens is 400 g/mol. The second kappa shape index (κ2) is 8.60. The van der Waals surface area contributed by atoms with Crippen LogP contribution in [0.4, 0.5) is 0 Å². The molecule has 1 N–H and O–H groups in total. The van der Waals surface area contributed by atoms with Gasteiger partial charge in [0.15, 0.2) is 0 Å². The van der Waals surface area contributed by atoms with Gasteiger partial charge in [0, 0.05) is 19.6 Å². The zero-order valence-electron chi connectivity index (χ0n) is 15.7. The first kappa shape index (κ1) is 20.8. The molecule has 3 rings (SSSR count). The highest BCUT2D eigenvalue weighted by Crippen LogP contribution is 2.21. The van der Waals surface area contributed by atoms with Crippen LogP contribution in [-0.2, 0) is 26.5 Å². The molecule has 152 valence electrons. The number of nitrogens with one attached hydrogen (secondary N) is 1. The zero-order valence-corrected chi connectivity index (χ0v) is 17.3. The van der Waals surface area contributed by atoms with Crippen molar-refractivity contribution in [2.24, 2.45) is 0 Å². The van der Waals surface area contributed by atoms with Gasteiger partial charge < -0.3 is 4.74 Å². The SMILES string of the molecule is COc1ccc(S(=O)(=O)NCCc2ccc(S(=O)(=O)N3CCCC3)cc2)cc1. The normalized spacial score (nSPS) is 15.6.